The molecule has 1 amide bonds. The van der Waals surface area contributed by atoms with Gasteiger partial charge in [0.1, 0.15) is 17.2 Å². The van der Waals surface area contributed by atoms with Gasteiger partial charge < -0.3 is 9.84 Å². The van der Waals surface area contributed by atoms with Crippen molar-refractivity contribution in [1.29, 1.82) is 0 Å². The Hall–Kier alpha value is -3.48. The molecule has 4 heterocycles. The minimum absolute atomic E-state index is 0.0337. The second-order valence-corrected chi connectivity index (χ2v) is 8.38. The largest absolute Gasteiger partial charge is 0.339 e. The molecule has 1 aromatic carbocycles. The quantitative estimate of drug-likeness (QED) is 0.442. The molecule has 1 fully saturated rings. The molecular formula is C20H17FN6O4S. The number of aryl methyl sites for hydroxylation is 1. The third kappa shape index (κ3) is 3.57. The summed E-state index contributed by atoms with van der Waals surface area (Å²) in [5, 5.41) is 6.64. The van der Waals surface area contributed by atoms with E-state index in [1.807, 2.05) is 6.07 Å². The van der Waals surface area contributed by atoms with Crippen molar-refractivity contribution in [1.82, 2.24) is 23.8 Å². The van der Waals surface area contributed by atoms with Gasteiger partial charge in [-0.15, -0.1) is 0 Å². The second kappa shape index (κ2) is 7.89. The highest BCUT2D eigenvalue weighted by molar-refractivity contribution is 7.76. The summed E-state index contributed by atoms with van der Waals surface area (Å²) in [4.78, 5) is 21.3. The smallest absolute Gasteiger partial charge is 0.274 e. The molecule has 4 aromatic rings. The van der Waals surface area contributed by atoms with Crippen molar-refractivity contribution in [2.24, 2.45) is 0 Å². The Morgan fingerprint density at radius 1 is 1.34 bits per heavy atom. The standard InChI is InChI=1S/C20H17FN6O4S/c1-11-6-14(21)13(18-24-20(31-25-18)12-9-26(10-12)32(29)30)7-15(11)23-19(28)16-8-22-17-4-2-3-5-27(16)17/h2-8,12H,9-10H2,1H3,(H,23,28)(H,29,30). The molecule has 1 saturated heterocycles. The van der Waals surface area contributed by atoms with Gasteiger partial charge in [0.2, 0.25) is 23.0 Å². The first kappa shape index (κ1) is 20.4. The van der Waals surface area contributed by atoms with Crippen LogP contribution in [0.3, 0.4) is 0 Å². The fourth-order valence-corrected chi connectivity index (χ4v) is 4.11. The molecule has 1 unspecified atom stereocenters. The predicted octanol–water partition coefficient (Wildman–Crippen LogP) is 2.62. The summed E-state index contributed by atoms with van der Waals surface area (Å²) >= 11 is -2.05. The van der Waals surface area contributed by atoms with Gasteiger partial charge >= 0.3 is 0 Å². The molecule has 1 aliphatic heterocycles. The van der Waals surface area contributed by atoms with E-state index in [2.05, 4.69) is 20.4 Å². The number of carbonyl (C=O) groups excluding carboxylic acids is 1. The van der Waals surface area contributed by atoms with Gasteiger partial charge in [-0.1, -0.05) is 11.2 Å². The van der Waals surface area contributed by atoms with Crippen molar-refractivity contribution in [2.45, 2.75) is 12.8 Å². The lowest BCUT2D eigenvalue weighted by molar-refractivity contribution is 0.102. The van der Waals surface area contributed by atoms with E-state index < -0.39 is 23.0 Å². The number of hydrogen-bond donors (Lipinski definition) is 2. The Labute approximate surface area is 183 Å². The lowest BCUT2D eigenvalue weighted by atomic mass is 10.0. The van der Waals surface area contributed by atoms with Crippen molar-refractivity contribution in [3.05, 3.63) is 65.7 Å². The van der Waals surface area contributed by atoms with E-state index in [0.29, 0.717) is 35.7 Å². The zero-order valence-corrected chi connectivity index (χ0v) is 17.5. The number of imidazole rings is 1. The number of anilines is 1. The maximum Gasteiger partial charge on any atom is 0.274 e. The number of carbonyl (C=O) groups is 1. The fraction of sp³-hybridized carbons (Fsp3) is 0.200. The van der Waals surface area contributed by atoms with E-state index in [9.17, 15) is 13.4 Å². The van der Waals surface area contributed by atoms with Crippen molar-refractivity contribution in [3.8, 4) is 11.4 Å². The second-order valence-electron chi connectivity index (χ2n) is 7.40. The molecule has 10 nitrogen and oxygen atoms in total. The summed E-state index contributed by atoms with van der Waals surface area (Å²) < 4.78 is 43.0. The topological polar surface area (TPSA) is 126 Å². The van der Waals surface area contributed by atoms with Crippen molar-refractivity contribution < 1.29 is 22.5 Å². The number of amides is 1. The van der Waals surface area contributed by atoms with Gasteiger partial charge in [0, 0.05) is 25.0 Å². The fourth-order valence-electron chi connectivity index (χ4n) is 3.50. The van der Waals surface area contributed by atoms with Crippen LogP contribution < -0.4 is 5.32 Å². The lowest BCUT2D eigenvalue weighted by Crippen LogP contribution is -2.45. The van der Waals surface area contributed by atoms with Gasteiger partial charge in [-0.25, -0.2) is 13.6 Å². The molecule has 5 rings (SSSR count). The Morgan fingerprint density at radius 3 is 2.94 bits per heavy atom. The number of hydrogen-bond acceptors (Lipinski definition) is 6. The average Bonchev–Trinajstić information content (AvgIpc) is 3.36. The first-order valence-corrected chi connectivity index (χ1v) is 10.7. The summed E-state index contributed by atoms with van der Waals surface area (Å²) in [6, 6.07) is 8.14. The number of nitrogens with zero attached hydrogens (tertiary/aromatic N) is 5. The van der Waals surface area contributed by atoms with Crippen molar-refractivity contribution >= 4 is 28.5 Å². The van der Waals surface area contributed by atoms with Crippen LogP contribution in [0.2, 0.25) is 0 Å². The Balaban J connectivity index is 1.40. The maximum atomic E-state index is 14.7. The average molecular weight is 456 g/mol. The number of nitrogens with one attached hydrogen (secondary N) is 1. The van der Waals surface area contributed by atoms with Crippen LogP contribution in [0.5, 0.6) is 0 Å². The van der Waals surface area contributed by atoms with E-state index in [0.717, 1.165) is 0 Å². The highest BCUT2D eigenvalue weighted by Gasteiger charge is 2.36. The Kier molecular flexibility index (Phi) is 5.04. The van der Waals surface area contributed by atoms with E-state index in [4.69, 9.17) is 9.08 Å². The van der Waals surface area contributed by atoms with Crippen molar-refractivity contribution in [2.75, 3.05) is 18.4 Å². The third-order valence-corrected chi connectivity index (χ3v) is 6.05. The molecule has 3 aromatic heterocycles. The molecule has 0 radical (unpaired) electrons. The van der Waals surface area contributed by atoms with Crippen LogP contribution in [-0.2, 0) is 11.3 Å². The van der Waals surface area contributed by atoms with Gasteiger partial charge in [-0.05, 0) is 36.8 Å². The third-order valence-electron chi connectivity index (χ3n) is 5.31. The van der Waals surface area contributed by atoms with E-state index in [-0.39, 0.29) is 23.2 Å². The van der Waals surface area contributed by atoms with Crippen LogP contribution >= 0.6 is 0 Å². The van der Waals surface area contributed by atoms with Crippen LogP contribution in [0.25, 0.3) is 17.0 Å². The van der Waals surface area contributed by atoms with Crippen LogP contribution in [-0.4, -0.2) is 51.6 Å². The molecule has 164 valence electrons. The minimum atomic E-state index is -2.05. The van der Waals surface area contributed by atoms with Gasteiger partial charge in [-0.3, -0.25) is 13.7 Å². The molecule has 1 atom stereocenters. The predicted molar refractivity (Wildman–Crippen MR) is 113 cm³/mol. The van der Waals surface area contributed by atoms with Gasteiger partial charge in [-0.2, -0.15) is 9.29 Å². The van der Waals surface area contributed by atoms with Crippen LogP contribution in [0.15, 0.2) is 47.2 Å². The summed E-state index contributed by atoms with van der Waals surface area (Å²) in [6.45, 7) is 2.26. The summed E-state index contributed by atoms with van der Waals surface area (Å²) in [7, 11) is 0. The molecule has 0 bridgehead atoms. The first-order chi connectivity index (χ1) is 15.4. The highest BCUT2D eigenvalue weighted by atomic mass is 32.2. The number of fused-ring (bicyclic) bond motifs is 1. The van der Waals surface area contributed by atoms with Gasteiger partial charge in [0.15, 0.2) is 0 Å². The van der Waals surface area contributed by atoms with Gasteiger partial charge in [0.05, 0.1) is 17.7 Å². The molecule has 2 N–H and O–H groups in total. The molecule has 1 aliphatic rings. The number of halogens is 1. The monoisotopic (exact) mass is 456 g/mol. The number of aromatic nitrogens is 4. The number of rotatable bonds is 5. The molecule has 32 heavy (non-hydrogen) atoms. The number of pyridine rings is 1. The Bertz CT molecular complexity index is 1360. The summed E-state index contributed by atoms with van der Waals surface area (Å²) in [5.41, 5.74) is 1.96. The maximum absolute atomic E-state index is 14.7. The lowest BCUT2D eigenvalue weighted by Gasteiger charge is -2.32. The molecule has 12 heteroatoms. The SMILES string of the molecule is Cc1cc(F)c(-c2noc(C3CN(S(=O)O)C3)n2)cc1NC(=O)c1cnc2ccccn12. The van der Waals surface area contributed by atoms with Crippen molar-refractivity contribution in [3.63, 3.8) is 0 Å². The van der Waals surface area contributed by atoms with E-state index >= 15 is 0 Å². The molecule has 0 aliphatic carbocycles. The van der Waals surface area contributed by atoms with Crippen LogP contribution in [0.4, 0.5) is 10.1 Å². The van der Waals surface area contributed by atoms with Crippen LogP contribution in [0.1, 0.15) is 27.9 Å². The zero-order valence-electron chi connectivity index (χ0n) is 16.7. The summed E-state index contributed by atoms with van der Waals surface area (Å²) in [6.07, 6.45) is 3.20. The van der Waals surface area contributed by atoms with Gasteiger partial charge in [0.25, 0.3) is 5.91 Å². The highest BCUT2D eigenvalue weighted by Crippen LogP contribution is 2.31. The zero-order chi connectivity index (χ0) is 22.4. The first-order valence-electron chi connectivity index (χ1n) is 9.64. The Morgan fingerprint density at radius 2 is 2.16 bits per heavy atom. The molecular weight excluding hydrogens is 439 g/mol. The molecule has 0 saturated carbocycles. The van der Waals surface area contributed by atoms with E-state index in [1.165, 1.54) is 22.6 Å². The number of benzene rings is 1. The van der Waals surface area contributed by atoms with E-state index in [1.54, 1.807) is 29.7 Å². The molecule has 0 spiro atoms. The normalized spacial score (nSPS) is 15.6. The summed E-state index contributed by atoms with van der Waals surface area (Å²) in [5.74, 6) is -0.862. The minimum Gasteiger partial charge on any atom is -0.339 e. The van der Waals surface area contributed by atoms with Crippen LogP contribution in [0, 0.1) is 12.7 Å².